The van der Waals surface area contributed by atoms with Crippen molar-refractivity contribution in [3.05, 3.63) is 24.3 Å². The van der Waals surface area contributed by atoms with E-state index < -0.39 is 0 Å². The van der Waals surface area contributed by atoms with E-state index in [0.717, 1.165) is 19.3 Å². The maximum absolute atomic E-state index is 10.9. The highest BCUT2D eigenvalue weighted by molar-refractivity contribution is 5.68. The second-order valence-electron chi connectivity index (χ2n) is 6.60. The lowest BCUT2D eigenvalue weighted by atomic mass is 10.1. The molecule has 0 aromatic rings. The monoisotopic (exact) mass is 336 g/mol. The van der Waals surface area contributed by atoms with Crippen LogP contribution in [-0.4, -0.2) is 25.3 Å². The number of methoxy groups -OCH3 is 1. The summed E-state index contributed by atoms with van der Waals surface area (Å²) < 4.78 is 10.2. The summed E-state index contributed by atoms with van der Waals surface area (Å²) in [4.78, 5) is 10.9. The van der Waals surface area contributed by atoms with E-state index in [0.29, 0.717) is 18.6 Å². The smallest absolute Gasteiger partial charge is 0.305 e. The summed E-state index contributed by atoms with van der Waals surface area (Å²) in [6, 6.07) is 0. The van der Waals surface area contributed by atoms with E-state index in [-0.39, 0.29) is 5.97 Å². The number of hydrogen-bond acceptors (Lipinski definition) is 3. The van der Waals surface area contributed by atoms with Gasteiger partial charge >= 0.3 is 5.97 Å². The molecule has 138 valence electrons. The van der Waals surface area contributed by atoms with E-state index in [1.165, 1.54) is 58.5 Å². The first-order valence-corrected chi connectivity index (χ1v) is 9.80. The van der Waals surface area contributed by atoms with Gasteiger partial charge in [-0.1, -0.05) is 37.6 Å². The van der Waals surface area contributed by atoms with Crippen LogP contribution in [0.2, 0.25) is 0 Å². The quantitative estimate of drug-likeness (QED) is 0.166. The number of unbranched alkanes of at least 4 members (excludes halogenated alkanes) is 6. The molecule has 0 bridgehead atoms. The van der Waals surface area contributed by atoms with Gasteiger partial charge in [0.25, 0.3) is 0 Å². The highest BCUT2D eigenvalue weighted by atomic mass is 16.6. The molecule has 1 rings (SSSR count). The summed E-state index contributed by atoms with van der Waals surface area (Å²) >= 11 is 0. The SMILES string of the molecule is CCC1OC1CCCC/C=C\CCCC/C=C\CCCC(=O)OC. The van der Waals surface area contributed by atoms with Crippen LogP contribution in [0.5, 0.6) is 0 Å². The zero-order valence-corrected chi connectivity index (χ0v) is 15.7. The Hall–Kier alpha value is -1.09. The minimum atomic E-state index is -0.110. The van der Waals surface area contributed by atoms with Crippen molar-refractivity contribution in [1.29, 1.82) is 0 Å². The van der Waals surface area contributed by atoms with Gasteiger partial charge in [0, 0.05) is 6.42 Å². The van der Waals surface area contributed by atoms with E-state index in [4.69, 9.17) is 4.74 Å². The topological polar surface area (TPSA) is 38.8 Å². The van der Waals surface area contributed by atoms with Crippen molar-refractivity contribution < 1.29 is 14.3 Å². The fraction of sp³-hybridized carbons (Fsp3) is 0.762. The first kappa shape index (κ1) is 21.0. The standard InChI is InChI=1S/C21H36O3/c1-3-19-20(24-19)17-15-13-11-9-7-5-4-6-8-10-12-14-16-18-21(22)23-2/h7,9-10,12,19-20H,3-6,8,11,13-18H2,1-2H3/b9-7-,12-10-. The Labute approximate surface area is 148 Å². The van der Waals surface area contributed by atoms with Gasteiger partial charge in [-0.15, -0.1) is 0 Å². The lowest BCUT2D eigenvalue weighted by Gasteiger charge is -1.97. The van der Waals surface area contributed by atoms with Crippen molar-refractivity contribution >= 4 is 5.97 Å². The minimum Gasteiger partial charge on any atom is -0.469 e. The molecule has 0 saturated carbocycles. The summed E-state index contributed by atoms with van der Waals surface area (Å²) in [7, 11) is 1.44. The van der Waals surface area contributed by atoms with Gasteiger partial charge in [-0.3, -0.25) is 4.79 Å². The van der Waals surface area contributed by atoms with Crippen molar-refractivity contribution in [2.24, 2.45) is 0 Å². The number of hydrogen-bond donors (Lipinski definition) is 0. The Morgan fingerprint density at radius 2 is 1.42 bits per heavy atom. The molecule has 0 spiro atoms. The van der Waals surface area contributed by atoms with Crippen LogP contribution < -0.4 is 0 Å². The summed E-state index contributed by atoms with van der Waals surface area (Å²) in [5, 5.41) is 0. The molecule has 0 amide bonds. The first-order chi connectivity index (χ1) is 11.8. The Morgan fingerprint density at radius 1 is 0.875 bits per heavy atom. The minimum absolute atomic E-state index is 0.110. The molecule has 0 radical (unpaired) electrons. The van der Waals surface area contributed by atoms with Crippen LogP contribution in [0.4, 0.5) is 0 Å². The highest BCUT2D eigenvalue weighted by Gasteiger charge is 2.35. The van der Waals surface area contributed by atoms with E-state index in [9.17, 15) is 4.79 Å². The van der Waals surface area contributed by atoms with Crippen LogP contribution in [0, 0.1) is 0 Å². The van der Waals surface area contributed by atoms with Crippen molar-refractivity contribution in [2.75, 3.05) is 7.11 Å². The van der Waals surface area contributed by atoms with Gasteiger partial charge in [-0.25, -0.2) is 0 Å². The lowest BCUT2D eigenvalue weighted by Crippen LogP contribution is -1.98. The zero-order valence-electron chi connectivity index (χ0n) is 15.7. The number of carbonyl (C=O) groups excluding carboxylic acids is 1. The zero-order chi connectivity index (χ0) is 17.5. The number of allylic oxidation sites excluding steroid dienone is 4. The van der Waals surface area contributed by atoms with E-state index in [1.807, 2.05) is 0 Å². The van der Waals surface area contributed by atoms with E-state index in [1.54, 1.807) is 0 Å². The van der Waals surface area contributed by atoms with Crippen LogP contribution in [0.3, 0.4) is 0 Å². The molecule has 2 unspecified atom stereocenters. The Kier molecular flexibility index (Phi) is 12.5. The number of esters is 1. The van der Waals surface area contributed by atoms with Crippen LogP contribution >= 0.6 is 0 Å². The Morgan fingerprint density at radius 3 is 1.92 bits per heavy atom. The summed E-state index contributed by atoms with van der Waals surface area (Å²) in [6.45, 7) is 2.20. The fourth-order valence-corrected chi connectivity index (χ4v) is 2.86. The van der Waals surface area contributed by atoms with Gasteiger partial charge < -0.3 is 9.47 Å². The average molecular weight is 337 g/mol. The molecule has 0 aromatic heterocycles. The molecule has 0 aromatic carbocycles. The van der Waals surface area contributed by atoms with Gasteiger partial charge in [-0.2, -0.15) is 0 Å². The summed E-state index contributed by atoms with van der Waals surface area (Å²) in [5.74, 6) is -0.110. The largest absolute Gasteiger partial charge is 0.469 e. The normalized spacial score (nSPS) is 20.1. The summed E-state index contributed by atoms with van der Waals surface area (Å²) in [5.41, 5.74) is 0. The van der Waals surface area contributed by atoms with Crippen LogP contribution in [0.1, 0.15) is 84.0 Å². The molecule has 1 aliphatic rings. The van der Waals surface area contributed by atoms with Crippen LogP contribution in [0.25, 0.3) is 0 Å². The highest BCUT2D eigenvalue weighted by Crippen LogP contribution is 2.29. The van der Waals surface area contributed by atoms with Gasteiger partial charge in [-0.05, 0) is 64.2 Å². The third-order valence-corrected chi connectivity index (χ3v) is 4.50. The molecular weight excluding hydrogens is 300 g/mol. The predicted molar refractivity (Wildman–Crippen MR) is 100 cm³/mol. The molecule has 0 N–H and O–H groups in total. The maximum atomic E-state index is 10.9. The van der Waals surface area contributed by atoms with Gasteiger partial charge in [0.05, 0.1) is 19.3 Å². The lowest BCUT2D eigenvalue weighted by molar-refractivity contribution is -0.140. The molecule has 0 aliphatic carbocycles. The molecule has 1 saturated heterocycles. The average Bonchev–Trinajstić information content (AvgIpc) is 3.36. The third kappa shape index (κ3) is 11.4. The number of rotatable bonds is 15. The fourth-order valence-electron chi connectivity index (χ4n) is 2.86. The number of epoxide rings is 1. The number of ether oxygens (including phenoxy) is 2. The van der Waals surface area contributed by atoms with Crippen molar-refractivity contribution in [1.82, 2.24) is 0 Å². The van der Waals surface area contributed by atoms with Crippen molar-refractivity contribution in [3.63, 3.8) is 0 Å². The molecule has 3 heteroatoms. The molecule has 1 aliphatic heterocycles. The van der Waals surface area contributed by atoms with Crippen molar-refractivity contribution in [2.45, 2.75) is 96.2 Å². The third-order valence-electron chi connectivity index (χ3n) is 4.50. The second-order valence-corrected chi connectivity index (χ2v) is 6.60. The molecule has 1 fully saturated rings. The summed E-state index contributed by atoms with van der Waals surface area (Å²) in [6.07, 6.45) is 23.7. The van der Waals surface area contributed by atoms with Gasteiger partial charge in [0.15, 0.2) is 0 Å². The van der Waals surface area contributed by atoms with Crippen molar-refractivity contribution in [3.8, 4) is 0 Å². The Bertz CT molecular complexity index is 373. The Balaban J connectivity index is 1.77. The van der Waals surface area contributed by atoms with Crippen LogP contribution in [-0.2, 0) is 14.3 Å². The molecule has 24 heavy (non-hydrogen) atoms. The predicted octanol–water partition coefficient (Wildman–Crippen LogP) is 5.74. The maximum Gasteiger partial charge on any atom is 0.305 e. The number of carbonyl (C=O) groups is 1. The van der Waals surface area contributed by atoms with Gasteiger partial charge in [0.1, 0.15) is 0 Å². The molecular formula is C21H36O3. The van der Waals surface area contributed by atoms with E-state index in [2.05, 4.69) is 36.0 Å². The molecule has 2 atom stereocenters. The first-order valence-electron chi connectivity index (χ1n) is 9.80. The van der Waals surface area contributed by atoms with E-state index >= 15 is 0 Å². The molecule has 3 nitrogen and oxygen atoms in total. The second kappa shape index (κ2) is 14.3. The van der Waals surface area contributed by atoms with Gasteiger partial charge in [0.2, 0.25) is 0 Å². The molecule has 1 heterocycles. The van der Waals surface area contributed by atoms with Crippen LogP contribution in [0.15, 0.2) is 24.3 Å².